The number of guanidine groups is 1. The number of imidazole rings is 1. The van der Waals surface area contributed by atoms with Crippen molar-refractivity contribution >= 4 is 5.96 Å². The number of fused-ring (bicyclic) bond motifs is 1. The lowest BCUT2D eigenvalue weighted by molar-refractivity contribution is 0.241. The molecule has 0 radical (unpaired) electrons. The van der Waals surface area contributed by atoms with Gasteiger partial charge in [0.15, 0.2) is 5.96 Å². The Balaban J connectivity index is 1.29. The molecule has 2 heterocycles. The number of hydrogen-bond acceptors (Lipinski definition) is 3. The van der Waals surface area contributed by atoms with Crippen LogP contribution in [0.4, 0.5) is 0 Å². The second kappa shape index (κ2) is 9.96. The zero-order valence-electron chi connectivity index (χ0n) is 17.4. The Morgan fingerprint density at radius 3 is 2.80 bits per heavy atom. The summed E-state index contributed by atoms with van der Waals surface area (Å²) in [6.07, 6.45) is 5.75. The molecule has 2 N–H and O–H groups in total. The van der Waals surface area contributed by atoms with Crippen LogP contribution >= 0.6 is 0 Å². The Hall–Kier alpha value is -3.28. The van der Waals surface area contributed by atoms with Crippen molar-refractivity contribution in [2.45, 2.75) is 32.4 Å². The average Bonchev–Trinajstić information content (AvgIpc) is 3.39. The molecule has 0 fully saturated rings. The van der Waals surface area contributed by atoms with E-state index < -0.39 is 0 Å². The van der Waals surface area contributed by atoms with Gasteiger partial charge in [0.2, 0.25) is 0 Å². The summed E-state index contributed by atoms with van der Waals surface area (Å²) >= 11 is 0. The van der Waals surface area contributed by atoms with Gasteiger partial charge in [0.05, 0.1) is 6.54 Å². The average molecular weight is 404 g/mol. The number of aromatic nitrogens is 2. The topological polar surface area (TPSA) is 63.5 Å². The summed E-state index contributed by atoms with van der Waals surface area (Å²) in [5, 5.41) is 6.74. The van der Waals surface area contributed by atoms with Gasteiger partial charge < -0.3 is 19.9 Å². The third kappa shape index (κ3) is 5.20. The highest BCUT2D eigenvalue weighted by Crippen LogP contribution is 2.28. The minimum atomic E-state index is 0.0997. The fourth-order valence-corrected chi connectivity index (χ4v) is 3.68. The molecule has 0 aliphatic carbocycles. The van der Waals surface area contributed by atoms with Crippen LogP contribution in [0, 0.1) is 0 Å². The van der Waals surface area contributed by atoms with E-state index in [9.17, 15) is 0 Å². The number of para-hydroxylation sites is 1. The number of aliphatic imine (C=N–C) groups is 1. The van der Waals surface area contributed by atoms with Crippen molar-refractivity contribution in [3.63, 3.8) is 0 Å². The minimum Gasteiger partial charge on any atom is -0.488 e. The molecule has 30 heavy (non-hydrogen) atoms. The summed E-state index contributed by atoms with van der Waals surface area (Å²) < 4.78 is 8.19. The molecular weight excluding hydrogens is 374 g/mol. The molecule has 4 rings (SSSR count). The molecule has 6 nitrogen and oxygen atoms in total. The molecule has 156 valence electrons. The summed E-state index contributed by atoms with van der Waals surface area (Å²) in [6, 6.07) is 18.7. The summed E-state index contributed by atoms with van der Waals surface area (Å²) in [6.45, 7) is 5.13. The number of rotatable bonds is 8. The van der Waals surface area contributed by atoms with Crippen LogP contribution in [0.3, 0.4) is 0 Å². The van der Waals surface area contributed by atoms with E-state index in [4.69, 9.17) is 9.73 Å². The van der Waals surface area contributed by atoms with Crippen LogP contribution in [0.1, 0.15) is 23.9 Å². The molecule has 0 spiro atoms. The monoisotopic (exact) mass is 403 g/mol. The Labute approximate surface area is 178 Å². The molecule has 3 aromatic rings. The van der Waals surface area contributed by atoms with Crippen molar-refractivity contribution in [2.24, 2.45) is 4.99 Å². The van der Waals surface area contributed by atoms with Gasteiger partial charge in [0.25, 0.3) is 0 Å². The van der Waals surface area contributed by atoms with Crippen LogP contribution in [-0.2, 0) is 19.4 Å². The molecule has 1 aliphatic rings. The highest BCUT2D eigenvalue weighted by atomic mass is 16.5. The lowest BCUT2D eigenvalue weighted by Crippen LogP contribution is -2.39. The second-order valence-corrected chi connectivity index (χ2v) is 7.41. The zero-order chi connectivity index (χ0) is 20.6. The summed E-state index contributed by atoms with van der Waals surface area (Å²) in [7, 11) is 0. The van der Waals surface area contributed by atoms with Gasteiger partial charge in [-0.25, -0.2) is 9.98 Å². The number of hydrogen-bond donors (Lipinski definition) is 2. The van der Waals surface area contributed by atoms with Crippen LogP contribution in [0.25, 0.3) is 0 Å². The SMILES string of the molecule is CCNC(=NCC1Cc2ccccc2O1)NCCc1nccn1Cc1ccccc1. The Morgan fingerprint density at radius 2 is 1.97 bits per heavy atom. The van der Waals surface area contributed by atoms with E-state index in [1.54, 1.807) is 0 Å². The lowest BCUT2D eigenvalue weighted by atomic mass is 10.1. The van der Waals surface area contributed by atoms with Crippen LogP contribution in [0.2, 0.25) is 0 Å². The molecule has 1 atom stereocenters. The first kappa shape index (κ1) is 20.0. The quantitative estimate of drug-likeness (QED) is 0.448. The Morgan fingerprint density at radius 1 is 1.13 bits per heavy atom. The van der Waals surface area contributed by atoms with E-state index in [1.165, 1.54) is 11.1 Å². The van der Waals surface area contributed by atoms with Crippen molar-refractivity contribution in [1.29, 1.82) is 0 Å². The van der Waals surface area contributed by atoms with Crippen LogP contribution in [0.5, 0.6) is 5.75 Å². The molecule has 1 aliphatic heterocycles. The van der Waals surface area contributed by atoms with E-state index in [0.29, 0.717) is 6.54 Å². The molecule has 2 aromatic carbocycles. The third-order valence-corrected chi connectivity index (χ3v) is 5.15. The maximum absolute atomic E-state index is 6.00. The van der Waals surface area contributed by atoms with Crippen LogP contribution < -0.4 is 15.4 Å². The van der Waals surface area contributed by atoms with Gasteiger partial charge in [0, 0.05) is 44.9 Å². The maximum Gasteiger partial charge on any atom is 0.191 e. The summed E-state index contributed by atoms with van der Waals surface area (Å²) in [5.74, 6) is 2.87. The Bertz CT molecular complexity index is 941. The van der Waals surface area contributed by atoms with Crippen molar-refractivity contribution in [3.8, 4) is 5.75 Å². The van der Waals surface area contributed by atoms with E-state index >= 15 is 0 Å². The first-order valence-corrected chi connectivity index (χ1v) is 10.6. The smallest absolute Gasteiger partial charge is 0.191 e. The second-order valence-electron chi connectivity index (χ2n) is 7.41. The largest absolute Gasteiger partial charge is 0.488 e. The molecule has 1 unspecified atom stereocenters. The summed E-state index contributed by atoms with van der Waals surface area (Å²) in [5.41, 5.74) is 2.54. The molecular formula is C24H29N5O. The molecule has 6 heteroatoms. The lowest BCUT2D eigenvalue weighted by Gasteiger charge is -2.14. The van der Waals surface area contributed by atoms with Gasteiger partial charge in [-0.2, -0.15) is 0 Å². The van der Waals surface area contributed by atoms with E-state index in [2.05, 4.69) is 63.5 Å². The minimum absolute atomic E-state index is 0.0997. The van der Waals surface area contributed by atoms with Gasteiger partial charge >= 0.3 is 0 Å². The summed E-state index contributed by atoms with van der Waals surface area (Å²) in [4.78, 5) is 9.26. The number of ether oxygens (including phenoxy) is 1. The molecule has 0 saturated heterocycles. The zero-order valence-corrected chi connectivity index (χ0v) is 17.4. The molecule has 1 aromatic heterocycles. The number of benzene rings is 2. The maximum atomic E-state index is 6.00. The first-order valence-electron chi connectivity index (χ1n) is 10.6. The van der Waals surface area contributed by atoms with Crippen molar-refractivity contribution in [1.82, 2.24) is 20.2 Å². The number of nitrogens with zero attached hydrogens (tertiary/aromatic N) is 3. The first-order chi connectivity index (χ1) is 14.8. The van der Waals surface area contributed by atoms with E-state index in [0.717, 1.165) is 50.0 Å². The standard InChI is InChI=1S/C24H29N5O/c1-2-25-24(28-17-21-16-20-10-6-7-11-22(20)30-21)27-13-12-23-26-14-15-29(23)18-19-8-4-3-5-9-19/h3-11,14-15,21H,2,12-13,16-18H2,1H3,(H2,25,27,28). The fraction of sp³-hybridized carbons (Fsp3) is 0.333. The van der Waals surface area contributed by atoms with Gasteiger partial charge in [-0.15, -0.1) is 0 Å². The van der Waals surface area contributed by atoms with Crippen molar-refractivity contribution < 1.29 is 4.74 Å². The van der Waals surface area contributed by atoms with E-state index in [-0.39, 0.29) is 6.10 Å². The Kier molecular flexibility index (Phi) is 6.65. The van der Waals surface area contributed by atoms with Crippen LogP contribution in [-0.4, -0.2) is 41.2 Å². The van der Waals surface area contributed by atoms with E-state index in [1.807, 2.05) is 30.6 Å². The third-order valence-electron chi connectivity index (χ3n) is 5.15. The number of nitrogens with one attached hydrogen (secondary N) is 2. The highest BCUT2D eigenvalue weighted by Gasteiger charge is 2.21. The predicted molar refractivity (Wildman–Crippen MR) is 120 cm³/mol. The van der Waals surface area contributed by atoms with Crippen molar-refractivity contribution in [2.75, 3.05) is 19.6 Å². The molecule has 0 bridgehead atoms. The fourth-order valence-electron chi connectivity index (χ4n) is 3.68. The molecule has 0 amide bonds. The molecule has 0 saturated carbocycles. The highest BCUT2D eigenvalue weighted by molar-refractivity contribution is 5.79. The normalized spacial score (nSPS) is 15.5. The predicted octanol–water partition coefficient (Wildman–Crippen LogP) is 3.03. The van der Waals surface area contributed by atoms with Gasteiger partial charge in [-0.05, 0) is 24.1 Å². The van der Waals surface area contributed by atoms with Gasteiger partial charge in [-0.3, -0.25) is 0 Å². The van der Waals surface area contributed by atoms with Gasteiger partial charge in [-0.1, -0.05) is 48.5 Å². The van der Waals surface area contributed by atoms with Gasteiger partial charge in [0.1, 0.15) is 17.7 Å². The van der Waals surface area contributed by atoms with Crippen LogP contribution in [0.15, 0.2) is 72.0 Å². The van der Waals surface area contributed by atoms with Crippen molar-refractivity contribution in [3.05, 3.63) is 83.9 Å².